The minimum atomic E-state index is 0.806. The van der Waals surface area contributed by atoms with Crippen molar-refractivity contribution < 1.29 is 0 Å². The Bertz CT molecular complexity index is 368. The number of aliphatic imine (C=N–C) groups is 1. The van der Waals surface area contributed by atoms with Gasteiger partial charge in [0.1, 0.15) is 0 Å². The second-order valence-corrected chi connectivity index (χ2v) is 5.05. The zero-order valence-corrected chi connectivity index (χ0v) is 10.6. The number of hydrogen-bond acceptors (Lipinski definition) is 3. The molecule has 16 heavy (non-hydrogen) atoms. The molecule has 0 aromatic carbocycles. The molecule has 1 heterocycles. The number of hydrogen-bond donors (Lipinski definition) is 2. The second kappa shape index (κ2) is 5.30. The Morgan fingerprint density at radius 2 is 2.38 bits per heavy atom. The lowest BCUT2D eigenvalue weighted by Crippen LogP contribution is -2.37. The quantitative estimate of drug-likeness (QED) is 0.618. The Hall–Kier alpha value is -1.10. The Morgan fingerprint density at radius 3 is 2.94 bits per heavy atom. The molecule has 2 N–H and O–H groups in total. The van der Waals surface area contributed by atoms with Gasteiger partial charge in [-0.05, 0) is 25.7 Å². The van der Waals surface area contributed by atoms with Crippen LogP contribution in [-0.4, -0.2) is 24.5 Å². The molecular formula is C11H18N4S. The van der Waals surface area contributed by atoms with Gasteiger partial charge in [0, 0.05) is 18.5 Å². The summed E-state index contributed by atoms with van der Waals surface area (Å²) in [7, 11) is 1.81. The van der Waals surface area contributed by atoms with E-state index >= 15 is 0 Å². The van der Waals surface area contributed by atoms with Gasteiger partial charge in [-0.1, -0.05) is 0 Å². The number of thiazole rings is 1. The van der Waals surface area contributed by atoms with Gasteiger partial charge < -0.3 is 10.6 Å². The second-order valence-electron chi connectivity index (χ2n) is 4.11. The topological polar surface area (TPSA) is 49.3 Å². The summed E-state index contributed by atoms with van der Waals surface area (Å²) in [6.07, 6.45) is 2.72. The molecule has 4 nitrogen and oxygen atoms in total. The number of guanidine groups is 1. The lowest BCUT2D eigenvalue weighted by molar-refractivity contribution is 0.738. The van der Waals surface area contributed by atoms with Crippen LogP contribution in [0.3, 0.4) is 0 Å². The molecule has 5 heteroatoms. The minimum Gasteiger partial charge on any atom is -0.356 e. The fourth-order valence-electron chi connectivity index (χ4n) is 1.44. The zero-order chi connectivity index (χ0) is 11.4. The number of nitrogens with one attached hydrogen (secondary N) is 2. The Labute approximate surface area is 100 Å². The average Bonchev–Trinajstić information content (AvgIpc) is 3.03. The third-order valence-corrected chi connectivity index (χ3v) is 3.68. The van der Waals surface area contributed by atoms with E-state index < -0.39 is 0 Å². The highest BCUT2D eigenvalue weighted by Crippen LogP contribution is 2.27. The number of rotatable bonds is 4. The van der Waals surface area contributed by atoms with Gasteiger partial charge in [-0.25, -0.2) is 4.98 Å². The van der Waals surface area contributed by atoms with Crippen molar-refractivity contribution in [3.63, 3.8) is 0 Å². The summed E-state index contributed by atoms with van der Waals surface area (Å²) in [4.78, 5) is 9.69. The summed E-state index contributed by atoms with van der Waals surface area (Å²) < 4.78 is 0. The van der Waals surface area contributed by atoms with E-state index in [9.17, 15) is 0 Å². The fraction of sp³-hybridized carbons (Fsp3) is 0.636. The summed E-state index contributed by atoms with van der Waals surface area (Å²) in [5.74, 6) is 1.75. The predicted molar refractivity (Wildman–Crippen MR) is 67.8 cm³/mol. The molecule has 1 fully saturated rings. The van der Waals surface area contributed by atoms with Crippen LogP contribution in [0.4, 0.5) is 0 Å². The fourth-order valence-corrected chi connectivity index (χ4v) is 2.16. The largest absolute Gasteiger partial charge is 0.356 e. The Morgan fingerprint density at radius 1 is 1.56 bits per heavy atom. The summed E-state index contributed by atoms with van der Waals surface area (Å²) in [5.41, 5.74) is 2.99. The lowest BCUT2D eigenvalue weighted by atomic mass is 10.4. The van der Waals surface area contributed by atoms with Crippen molar-refractivity contribution >= 4 is 17.3 Å². The first-order valence-corrected chi connectivity index (χ1v) is 6.51. The molecule has 2 rings (SSSR count). The third kappa shape index (κ3) is 3.20. The molecule has 1 aromatic rings. The van der Waals surface area contributed by atoms with Gasteiger partial charge in [-0.15, -0.1) is 11.3 Å². The zero-order valence-electron chi connectivity index (χ0n) is 9.79. The monoisotopic (exact) mass is 238 g/mol. The molecule has 0 atom stereocenters. The highest BCUT2D eigenvalue weighted by atomic mass is 32.1. The molecule has 1 aliphatic rings. The Kier molecular flexibility index (Phi) is 3.77. The van der Waals surface area contributed by atoms with Gasteiger partial charge in [0.05, 0.1) is 17.7 Å². The standard InChI is InChI=1S/C11H18N4S/c1-8-10(16-7-15-8)6-14-11(12-2)13-5-9-3-4-9/h7,9H,3-6H2,1-2H3,(H2,12,13,14). The molecule has 1 aromatic heterocycles. The molecule has 1 saturated carbocycles. The van der Waals surface area contributed by atoms with Gasteiger partial charge in [0.15, 0.2) is 5.96 Å². The van der Waals surface area contributed by atoms with E-state index in [-0.39, 0.29) is 0 Å². The minimum absolute atomic E-state index is 0.806. The van der Waals surface area contributed by atoms with E-state index in [1.807, 2.05) is 19.5 Å². The van der Waals surface area contributed by atoms with E-state index in [4.69, 9.17) is 0 Å². The van der Waals surface area contributed by atoms with Gasteiger partial charge in [-0.2, -0.15) is 0 Å². The van der Waals surface area contributed by atoms with Crippen LogP contribution in [0.15, 0.2) is 10.5 Å². The molecule has 1 aliphatic carbocycles. The molecule has 0 spiro atoms. The summed E-state index contributed by atoms with van der Waals surface area (Å²) in [6, 6.07) is 0. The maximum Gasteiger partial charge on any atom is 0.191 e. The van der Waals surface area contributed by atoms with E-state index in [0.717, 1.165) is 30.7 Å². The number of aromatic nitrogens is 1. The van der Waals surface area contributed by atoms with Crippen LogP contribution in [0, 0.1) is 12.8 Å². The average molecular weight is 238 g/mol. The molecule has 0 radical (unpaired) electrons. The van der Waals surface area contributed by atoms with Crippen molar-refractivity contribution in [3.05, 3.63) is 16.1 Å². The summed E-state index contributed by atoms with van der Waals surface area (Å²) in [6.45, 7) is 3.89. The maximum absolute atomic E-state index is 4.22. The van der Waals surface area contributed by atoms with Crippen molar-refractivity contribution in [2.75, 3.05) is 13.6 Å². The molecule has 0 unspecified atom stereocenters. The SMILES string of the molecule is CN=C(NCc1scnc1C)NCC1CC1. The van der Waals surface area contributed by atoms with Gasteiger partial charge >= 0.3 is 0 Å². The van der Waals surface area contributed by atoms with Crippen molar-refractivity contribution in [2.45, 2.75) is 26.3 Å². The van der Waals surface area contributed by atoms with Crippen LogP contribution >= 0.6 is 11.3 Å². The van der Waals surface area contributed by atoms with Crippen LogP contribution in [0.25, 0.3) is 0 Å². The first-order valence-electron chi connectivity index (χ1n) is 5.63. The van der Waals surface area contributed by atoms with E-state index in [1.165, 1.54) is 17.7 Å². The molecule has 88 valence electrons. The smallest absolute Gasteiger partial charge is 0.191 e. The summed E-state index contributed by atoms with van der Waals surface area (Å²) in [5, 5.41) is 6.64. The van der Waals surface area contributed by atoms with E-state index in [2.05, 4.69) is 20.6 Å². The van der Waals surface area contributed by atoms with Crippen LogP contribution in [0.1, 0.15) is 23.4 Å². The van der Waals surface area contributed by atoms with Gasteiger partial charge in [-0.3, -0.25) is 4.99 Å². The molecule has 0 saturated heterocycles. The number of nitrogens with zero attached hydrogens (tertiary/aromatic N) is 2. The normalized spacial score (nSPS) is 16.2. The molecule has 0 aliphatic heterocycles. The maximum atomic E-state index is 4.22. The summed E-state index contributed by atoms with van der Waals surface area (Å²) >= 11 is 1.68. The number of aryl methyl sites for hydroxylation is 1. The predicted octanol–water partition coefficient (Wildman–Crippen LogP) is 1.53. The first kappa shape index (κ1) is 11.4. The van der Waals surface area contributed by atoms with Crippen molar-refractivity contribution in [2.24, 2.45) is 10.9 Å². The van der Waals surface area contributed by atoms with Crippen molar-refractivity contribution in [1.29, 1.82) is 0 Å². The molecule has 0 bridgehead atoms. The van der Waals surface area contributed by atoms with Crippen LogP contribution < -0.4 is 10.6 Å². The third-order valence-electron chi connectivity index (χ3n) is 2.74. The van der Waals surface area contributed by atoms with E-state index in [1.54, 1.807) is 11.3 Å². The molecule has 0 amide bonds. The Balaban J connectivity index is 1.76. The van der Waals surface area contributed by atoms with Crippen LogP contribution in [-0.2, 0) is 6.54 Å². The van der Waals surface area contributed by atoms with Crippen LogP contribution in [0.2, 0.25) is 0 Å². The first-order chi connectivity index (χ1) is 7.79. The van der Waals surface area contributed by atoms with E-state index in [0.29, 0.717) is 0 Å². The van der Waals surface area contributed by atoms with Gasteiger partial charge in [0.2, 0.25) is 0 Å². The van der Waals surface area contributed by atoms with Crippen LogP contribution in [0.5, 0.6) is 0 Å². The highest BCUT2D eigenvalue weighted by molar-refractivity contribution is 7.09. The van der Waals surface area contributed by atoms with Gasteiger partial charge in [0.25, 0.3) is 0 Å². The lowest BCUT2D eigenvalue weighted by Gasteiger charge is -2.10. The highest BCUT2D eigenvalue weighted by Gasteiger charge is 2.21. The van der Waals surface area contributed by atoms with Crippen molar-refractivity contribution in [1.82, 2.24) is 15.6 Å². The van der Waals surface area contributed by atoms with Crippen molar-refractivity contribution in [3.8, 4) is 0 Å². The molecular weight excluding hydrogens is 220 g/mol.